The van der Waals surface area contributed by atoms with Gasteiger partial charge in [0.1, 0.15) is 0 Å². The molecule has 1 atom stereocenters. The lowest BCUT2D eigenvalue weighted by Crippen LogP contribution is -2.45. The number of methoxy groups -OCH3 is 2. The van der Waals surface area contributed by atoms with Gasteiger partial charge in [-0.3, -0.25) is 0 Å². The third kappa shape index (κ3) is 4.40. The summed E-state index contributed by atoms with van der Waals surface area (Å²) in [5, 5.41) is 12.6. The Morgan fingerprint density at radius 2 is 1.89 bits per heavy atom. The molecular weight excluding hydrogens is 242 g/mol. The molecule has 0 aliphatic rings. The summed E-state index contributed by atoms with van der Waals surface area (Å²) in [6.45, 7) is 5.26. The Hall–Kier alpha value is -1.26. The molecule has 0 aliphatic carbocycles. The van der Waals surface area contributed by atoms with Crippen molar-refractivity contribution in [2.45, 2.75) is 32.2 Å². The van der Waals surface area contributed by atoms with Crippen molar-refractivity contribution in [1.29, 1.82) is 0 Å². The minimum absolute atomic E-state index is 0.108. The second kappa shape index (κ2) is 7.36. The highest BCUT2D eigenvalue weighted by Gasteiger charge is 2.23. The first kappa shape index (κ1) is 15.8. The maximum atomic E-state index is 9.20. The highest BCUT2D eigenvalue weighted by molar-refractivity contribution is 5.43. The monoisotopic (exact) mass is 267 g/mol. The predicted molar refractivity (Wildman–Crippen MR) is 77.0 cm³/mol. The third-order valence-electron chi connectivity index (χ3n) is 3.31. The average molecular weight is 267 g/mol. The van der Waals surface area contributed by atoms with Crippen LogP contribution in [0.5, 0.6) is 11.5 Å². The van der Waals surface area contributed by atoms with Gasteiger partial charge in [-0.1, -0.05) is 13.0 Å². The summed E-state index contributed by atoms with van der Waals surface area (Å²) in [5.41, 5.74) is 1.05. The standard InChI is InChI=1S/C15H25NO3/c1-5-16-15(2,8-9-17)11-12-6-7-13(18-3)14(10-12)19-4/h6-7,10,16-17H,5,8-9,11H2,1-4H3. The zero-order chi connectivity index (χ0) is 14.3. The average Bonchev–Trinajstić information content (AvgIpc) is 2.38. The molecule has 0 fully saturated rings. The normalized spacial score (nSPS) is 13.9. The summed E-state index contributed by atoms with van der Waals surface area (Å²) < 4.78 is 10.6. The van der Waals surface area contributed by atoms with Crippen LogP contribution < -0.4 is 14.8 Å². The molecule has 1 aromatic carbocycles. The topological polar surface area (TPSA) is 50.7 Å². The molecule has 0 spiro atoms. The molecule has 0 saturated heterocycles. The van der Waals surface area contributed by atoms with Crippen LogP contribution in [0.2, 0.25) is 0 Å². The minimum Gasteiger partial charge on any atom is -0.493 e. The van der Waals surface area contributed by atoms with Crippen LogP contribution in [0.1, 0.15) is 25.8 Å². The molecule has 1 rings (SSSR count). The number of nitrogens with one attached hydrogen (secondary N) is 1. The molecule has 0 heterocycles. The number of ether oxygens (including phenoxy) is 2. The van der Waals surface area contributed by atoms with Gasteiger partial charge in [-0.25, -0.2) is 0 Å². The number of aliphatic hydroxyl groups is 1. The third-order valence-corrected chi connectivity index (χ3v) is 3.31. The molecule has 0 aromatic heterocycles. The number of likely N-dealkylation sites (N-methyl/N-ethyl adjacent to an activating group) is 1. The molecule has 0 amide bonds. The van der Waals surface area contributed by atoms with E-state index in [0.717, 1.165) is 36.4 Å². The van der Waals surface area contributed by atoms with E-state index in [4.69, 9.17) is 9.47 Å². The molecule has 108 valence electrons. The number of benzene rings is 1. The Morgan fingerprint density at radius 1 is 1.21 bits per heavy atom. The highest BCUT2D eigenvalue weighted by Crippen LogP contribution is 2.29. The largest absolute Gasteiger partial charge is 0.493 e. The lowest BCUT2D eigenvalue weighted by Gasteiger charge is -2.30. The van der Waals surface area contributed by atoms with Gasteiger partial charge in [0.05, 0.1) is 14.2 Å². The van der Waals surface area contributed by atoms with Crippen molar-refractivity contribution >= 4 is 0 Å². The van der Waals surface area contributed by atoms with Crippen molar-refractivity contribution in [3.63, 3.8) is 0 Å². The summed E-state index contributed by atoms with van der Waals surface area (Å²) >= 11 is 0. The van der Waals surface area contributed by atoms with Gasteiger partial charge in [0.15, 0.2) is 11.5 Å². The Labute approximate surface area is 115 Å². The molecule has 0 aliphatic heterocycles. The fourth-order valence-electron chi connectivity index (χ4n) is 2.35. The summed E-state index contributed by atoms with van der Waals surface area (Å²) in [7, 11) is 3.27. The van der Waals surface area contributed by atoms with E-state index >= 15 is 0 Å². The van der Waals surface area contributed by atoms with E-state index in [1.54, 1.807) is 14.2 Å². The maximum Gasteiger partial charge on any atom is 0.160 e. The first-order chi connectivity index (χ1) is 9.08. The zero-order valence-corrected chi connectivity index (χ0v) is 12.3. The number of hydrogen-bond acceptors (Lipinski definition) is 4. The van der Waals surface area contributed by atoms with Crippen LogP contribution in [0.25, 0.3) is 0 Å². The van der Waals surface area contributed by atoms with Gasteiger partial charge in [-0.05, 0) is 44.0 Å². The van der Waals surface area contributed by atoms with Gasteiger partial charge in [-0.15, -0.1) is 0 Å². The number of hydrogen-bond donors (Lipinski definition) is 2. The van der Waals surface area contributed by atoms with Gasteiger partial charge in [0.25, 0.3) is 0 Å². The molecule has 0 radical (unpaired) electrons. The van der Waals surface area contributed by atoms with E-state index in [0.29, 0.717) is 0 Å². The SMILES string of the molecule is CCNC(C)(CCO)Cc1ccc(OC)c(OC)c1. The van der Waals surface area contributed by atoms with E-state index < -0.39 is 0 Å². The summed E-state index contributed by atoms with van der Waals surface area (Å²) in [6.07, 6.45) is 1.55. The first-order valence-electron chi connectivity index (χ1n) is 6.65. The van der Waals surface area contributed by atoms with E-state index in [9.17, 15) is 5.11 Å². The van der Waals surface area contributed by atoms with Crippen LogP contribution in [0, 0.1) is 0 Å². The van der Waals surface area contributed by atoms with Crippen LogP contribution in [0.4, 0.5) is 0 Å². The van der Waals surface area contributed by atoms with Gasteiger partial charge in [0.2, 0.25) is 0 Å². The summed E-state index contributed by atoms with van der Waals surface area (Å²) in [4.78, 5) is 0. The molecule has 1 unspecified atom stereocenters. The first-order valence-corrected chi connectivity index (χ1v) is 6.65. The molecule has 0 bridgehead atoms. The fraction of sp³-hybridized carbons (Fsp3) is 0.600. The van der Waals surface area contributed by atoms with Crippen molar-refractivity contribution in [2.75, 3.05) is 27.4 Å². The van der Waals surface area contributed by atoms with Crippen molar-refractivity contribution in [2.24, 2.45) is 0 Å². The van der Waals surface area contributed by atoms with Crippen LogP contribution in [0.3, 0.4) is 0 Å². The number of aliphatic hydroxyl groups excluding tert-OH is 1. The Kier molecular flexibility index (Phi) is 6.12. The zero-order valence-electron chi connectivity index (χ0n) is 12.3. The van der Waals surface area contributed by atoms with E-state index in [1.165, 1.54) is 0 Å². The van der Waals surface area contributed by atoms with Crippen molar-refractivity contribution in [1.82, 2.24) is 5.32 Å². The smallest absolute Gasteiger partial charge is 0.160 e. The maximum absolute atomic E-state index is 9.20. The lowest BCUT2D eigenvalue weighted by molar-refractivity contribution is 0.221. The second-order valence-electron chi connectivity index (χ2n) is 4.93. The van der Waals surface area contributed by atoms with E-state index in [1.807, 2.05) is 18.2 Å². The van der Waals surface area contributed by atoms with Gasteiger partial charge in [0, 0.05) is 12.1 Å². The molecule has 19 heavy (non-hydrogen) atoms. The summed E-state index contributed by atoms with van der Waals surface area (Å²) in [5.74, 6) is 1.47. The molecule has 2 N–H and O–H groups in total. The molecular formula is C15H25NO3. The predicted octanol–water partition coefficient (Wildman–Crippen LogP) is 2.00. The second-order valence-corrected chi connectivity index (χ2v) is 4.93. The minimum atomic E-state index is -0.108. The van der Waals surface area contributed by atoms with Crippen LogP contribution in [-0.4, -0.2) is 38.0 Å². The Morgan fingerprint density at radius 3 is 2.42 bits per heavy atom. The quantitative estimate of drug-likeness (QED) is 0.756. The van der Waals surface area contributed by atoms with Crippen LogP contribution in [-0.2, 0) is 6.42 Å². The molecule has 4 heteroatoms. The molecule has 1 aromatic rings. The Bertz CT molecular complexity index is 387. The van der Waals surface area contributed by atoms with E-state index in [2.05, 4.69) is 19.2 Å². The van der Waals surface area contributed by atoms with Crippen molar-refractivity contribution in [3.05, 3.63) is 23.8 Å². The molecule has 4 nitrogen and oxygen atoms in total. The fourth-order valence-corrected chi connectivity index (χ4v) is 2.35. The summed E-state index contributed by atoms with van der Waals surface area (Å²) in [6, 6.07) is 5.94. The number of rotatable bonds is 8. The molecule has 0 saturated carbocycles. The van der Waals surface area contributed by atoms with Crippen LogP contribution in [0.15, 0.2) is 18.2 Å². The van der Waals surface area contributed by atoms with Crippen LogP contribution >= 0.6 is 0 Å². The Balaban J connectivity index is 2.90. The van der Waals surface area contributed by atoms with Gasteiger partial charge < -0.3 is 19.9 Å². The van der Waals surface area contributed by atoms with E-state index in [-0.39, 0.29) is 12.1 Å². The highest BCUT2D eigenvalue weighted by atomic mass is 16.5. The van der Waals surface area contributed by atoms with Crippen molar-refractivity contribution in [3.8, 4) is 11.5 Å². The van der Waals surface area contributed by atoms with Crippen molar-refractivity contribution < 1.29 is 14.6 Å². The van der Waals surface area contributed by atoms with Gasteiger partial charge in [-0.2, -0.15) is 0 Å². The lowest BCUT2D eigenvalue weighted by atomic mass is 9.89. The van der Waals surface area contributed by atoms with Gasteiger partial charge >= 0.3 is 0 Å².